The molecule has 0 radical (unpaired) electrons. The molecule has 0 bridgehead atoms. The Morgan fingerprint density at radius 1 is 1.53 bits per heavy atom. The van der Waals surface area contributed by atoms with Crippen LogP contribution in [-0.4, -0.2) is 44.2 Å². The third-order valence-corrected chi connectivity index (χ3v) is 3.70. The number of carbonyl (C=O) groups excluding carboxylic acids is 1. The number of nitrogens with zero attached hydrogens (tertiary/aromatic N) is 2. The normalized spacial score (nSPS) is 27.2. The number of hydrogen-bond acceptors (Lipinski definition) is 4. The number of aliphatic hydroxyl groups is 2. The van der Waals surface area contributed by atoms with Crippen molar-refractivity contribution < 1.29 is 15.0 Å². The fourth-order valence-corrected chi connectivity index (χ4v) is 2.48. The van der Waals surface area contributed by atoms with Gasteiger partial charge in [-0.15, -0.1) is 0 Å². The van der Waals surface area contributed by atoms with E-state index in [1.165, 1.54) is 0 Å². The quantitative estimate of drug-likeness (QED) is 0.701. The largest absolute Gasteiger partial charge is 0.390 e. The molecule has 3 atom stereocenters. The van der Waals surface area contributed by atoms with Gasteiger partial charge >= 0.3 is 0 Å². The summed E-state index contributed by atoms with van der Waals surface area (Å²) in [5.41, 5.74) is 0.999. The topological polar surface area (TPSA) is 87.4 Å². The molecule has 0 aromatic carbocycles. The van der Waals surface area contributed by atoms with E-state index >= 15 is 0 Å². The van der Waals surface area contributed by atoms with E-state index in [1.54, 1.807) is 10.9 Å². The summed E-state index contributed by atoms with van der Waals surface area (Å²) in [6, 6.07) is 1.55. The predicted octanol–water partition coefficient (Wildman–Crippen LogP) is -0.257. The van der Waals surface area contributed by atoms with Crippen molar-refractivity contribution in [1.82, 2.24) is 15.1 Å². The minimum absolute atomic E-state index is 0.0978. The van der Waals surface area contributed by atoms with E-state index < -0.39 is 12.2 Å². The van der Waals surface area contributed by atoms with Gasteiger partial charge < -0.3 is 15.5 Å². The van der Waals surface area contributed by atoms with E-state index in [0.29, 0.717) is 19.3 Å². The number of aryl methyl sites for hydroxylation is 2. The SMILES string of the molecule is Cn1nccc1CCC(=O)N[C@@H]1CCC[C@@H](O)[C@@H]1O. The Morgan fingerprint density at radius 3 is 3.00 bits per heavy atom. The van der Waals surface area contributed by atoms with Gasteiger partial charge in [-0.2, -0.15) is 5.10 Å². The van der Waals surface area contributed by atoms with Gasteiger partial charge in [0.1, 0.15) is 0 Å². The highest BCUT2D eigenvalue weighted by Crippen LogP contribution is 2.19. The van der Waals surface area contributed by atoms with Crippen molar-refractivity contribution in [3.63, 3.8) is 0 Å². The van der Waals surface area contributed by atoms with E-state index in [-0.39, 0.29) is 11.9 Å². The van der Waals surface area contributed by atoms with E-state index in [4.69, 9.17) is 0 Å². The summed E-state index contributed by atoms with van der Waals surface area (Å²) in [5.74, 6) is -0.0978. The van der Waals surface area contributed by atoms with Gasteiger partial charge in [-0.1, -0.05) is 0 Å². The van der Waals surface area contributed by atoms with Crippen molar-refractivity contribution in [3.8, 4) is 0 Å². The maximum absolute atomic E-state index is 11.8. The summed E-state index contributed by atoms with van der Waals surface area (Å²) in [6.45, 7) is 0. The highest BCUT2D eigenvalue weighted by molar-refractivity contribution is 5.76. The number of aliphatic hydroxyl groups excluding tert-OH is 2. The third kappa shape index (κ3) is 3.54. The van der Waals surface area contributed by atoms with Crippen LogP contribution in [0.1, 0.15) is 31.4 Å². The summed E-state index contributed by atoms with van der Waals surface area (Å²) in [6.07, 6.45) is 3.25. The second kappa shape index (κ2) is 6.16. The van der Waals surface area contributed by atoms with Crippen LogP contribution < -0.4 is 5.32 Å². The molecule has 0 saturated heterocycles. The molecule has 6 heteroatoms. The minimum atomic E-state index is -0.852. The fraction of sp³-hybridized carbons (Fsp3) is 0.692. The first-order chi connectivity index (χ1) is 9.08. The van der Waals surface area contributed by atoms with Crippen molar-refractivity contribution in [1.29, 1.82) is 0 Å². The van der Waals surface area contributed by atoms with Gasteiger partial charge in [0.15, 0.2) is 0 Å². The highest BCUT2D eigenvalue weighted by atomic mass is 16.3. The zero-order chi connectivity index (χ0) is 13.8. The zero-order valence-electron chi connectivity index (χ0n) is 11.1. The fourth-order valence-electron chi connectivity index (χ4n) is 2.48. The van der Waals surface area contributed by atoms with Crippen LogP contribution in [0.15, 0.2) is 12.3 Å². The minimum Gasteiger partial charge on any atom is -0.390 e. The van der Waals surface area contributed by atoms with Crippen LogP contribution in [0.4, 0.5) is 0 Å². The lowest BCUT2D eigenvalue weighted by molar-refractivity contribution is -0.124. The van der Waals surface area contributed by atoms with Crippen LogP contribution in [0.25, 0.3) is 0 Å². The molecule has 6 nitrogen and oxygen atoms in total. The lowest BCUT2D eigenvalue weighted by Gasteiger charge is -2.32. The second-order valence-corrected chi connectivity index (χ2v) is 5.11. The first-order valence-electron chi connectivity index (χ1n) is 6.70. The van der Waals surface area contributed by atoms with Crippen LogP contribution in [0.2, 0.25) is 0 Å². The van der Waals surface area contributed by atoms with Gasteiger partial charge in [-0.25, -0.2) is 0 Å². The molecule has 0 aliphatic heterocycles. The van der Waals surface area contributed by atoms with Crippen molar-refractivity contribution in [2.24, 2.45) is 7.05 Å². The molecular weight excluding hydrogens is 246 g/mol. The summed E-state index contributed by atoms with van der Waals surface area (Å²) in [7, 11) is 1.84. The third-order valence-electron chi connectivity index (χ3n) is 3.70. The first kappa shape index (κ1) is 14.0. The van der Waals surface area contributed by atoms with Gasteiger partial charge in [0.2, 0.25) is 5.91 Å². The molecule has 1 saturated carbocycles. The van der Waals surface area contributed by atoms with Crippen LogP contribution >= 0.6 is 0 Å². The van der Waals surface area contributed by atoms with Crippen LogP contribution in [-0.2, 0) is 18.3 Å². The summed E-state index contributed by atoms with van der Waals surface area (Å²) in [5, 5.41) is 26.2. The van der Waals surface area contributed by atoms with Gasteiger partial charge in [0.25, 0.3) is 0 Å². The molecule has 19 heavy (non-hydrogen) atoms. The lowest BCUT2D eigenvalue weighted by atomic mass is 9.90. The average molecular weight is 267 g/mol. The summed E-state index contributed by atoms with van der Waals surface area (Å²) < 4.78 is 1.74. The van der Waals surface area contributed by atoms with Crippen molar-refractivity contribution in [2.75, 3.05) is 0 Å². The summed E-state index contributed by atoms with van der Waals surface area (Å²) in [4.78, 5) is 11.8. The lowest BCUT2D eigenvalue weighted by Crippen LogP contribution is -2.51. The van der Waals surface area contributed by atoms with E-state index in [1.807, 2.05) is 13.1 Å². The molecule has 3 N–H and O–H groups in total. The maximum atomic E-state index is 11.8. The highest BCUT2D eigenvalue weighted by Gasteiger charge is 2.31. The Labute approximate surface area is 112 Å². The molecule has 0 spiro atoms. The monoisotopic (exact) mass is 267 g/mol. The van der Waals surface area contributed by atoms with E-state index in [0.717, 1.165) is 18.5 Å². The van der Waals surface area contributed by atoms with E-state index in [9.17, 15) is 15.0 Å². The first-order valence-corrected chi connectivity index (χ1v) is 6.70. The van der Waals surface area contributed by atoms with Gasteiger partial charge in [-0.05, 0) is 31.7 Å². The molecule has 106 valence electrons. The van der Waals surface area contributed by atoms with Gasteiger partial charge in [-0.3, -0.25) is 9.48 Å². The number of aromatic nitrogens is 2. The Balaban J connectivity index is 1.79. The molecule has 1 amide bonds. The standard InChI is InChI=1S/C13H21N3O3/c1-16-9(7-8-14-16)5-6-12(18)15-10-3-2-4-11(17)13(10)19/h7-8,10-11,13,17,19H,2-6H2,1H3,(H,15,18)/t10-,11-,13-/m1/s1. The molecule has 1 aromatic heterocycles. The van der Waals surface area contributed by atoms with Crippen molar-refractivity contribution in [2.45, 2.75) is 50.4 Å². The predicted molar refractivity (Wildman–Crippen MR) is 69.3 cm³/mol. The molecular formula is C13H21N3O3. The Morgan fingerprint density at radius 2 is 2.32 bits per heavy atom. The Hall–Kier alpha value is -1.40. The van der Waals surface area contributed by atoms with Crippen molar-refractivity contribution in [3.05, 3.63) is 18.0 Å². The molecule has 1 heterocycles. The van der Waals surface area contributed by atoms with Gasteiger partial charge in [0.05, 0.1) is 18.2 Å². The number of nitrogens with one attached hydrogen (secondary N) is 1. The number of carbonyl (C=O) groups is 1. The average Bonchev–Trinajstić information content (AvgIpc) is 2.78. The Bertz CT molecular complexity index is 433. The zero-order valence-corrected chi connectivity index (χ0v) is 11.1. The molecule has 2 rings (SSSR count). The Kier molecular flexibility index (Phi) is 4.55. The number of hydrogen-bond donors (Lipinski definition) is 3. The molecule has 0 unspecified atom stereocenters. The smallest absolute Gasteiger partial charge is 0.220 e. The van der Waals surface area contributed by atoms with Crippen LogP contribution in [0.5, 0.6) is 0 Å². The number of rotatable bonds is 4. The maximum Gasteiger partial charge on any atom is 0.220 e. The van der Waals surface area contributed by atoms with Crippen molar-refractivity contribution >= 4 is 5.91 Å². The van der Waals surface area contributed by atoms with Crippen LogP contribution in [0, 0.1) is 0 Å². The van der Waals surface area contributed by atoms with Gasteiger partial charge in [0, 0.05) is 25.4 Å². The number of amides is 1. The molecule has 1 aliphatic carbocycles. The second-order valence-electron chi connectivity index (χ2n) is 5.11. The molecule has 1 aliphatic rings. The van der Waals surface area contributed by atoms with Crippen LogP contribution in [0.3, 0.4) is 0 Å². The summed E-state index contributed by atoms with van der Waals surface area (Å²) >= 11 is 0. The molecule has 1 fully saturated rings. The molecule has 1 aromatic rings. The van der Waals surface area contributed by atoms with E-state index in [2.05, 4.69) is 10.4 Å².